The highest BCUT2D eigenvalue weighted by atomic mass is 16.5. The van der Waals surface area contributed by atoms with E-state index in [4.69, 9.17) is 4.74 Å². The average molecular weight is 284 g/mol. The van der Waals surface area contributed by atoms with Gasteiger partial charge in [-0.1, -0.05) is 13.8 Å². The molecular weight excluding hydrogens is 248 g/mol. The maximum atomic E-state index is 6.16. The summed E-state index contributed by atoms with van der Waals surface area (Å²) in [5.74, 6) is 0. The summed E-state index contributed by atoms with van der Waals surface area (Å²) >= 11 is 0. The van der Waals surface area contributed by atoms with Crippen LogP contribution in [0.1, 0.15) is 62.3 Å². The summed E-state index contributed by atoms with van der Waals surface area (Å²) in [6.07, 6.45) is 0. The molecule has 1 aliphatic rings. The van der Waals surface area contributed by atoms with E-state index in [0.717, 1.165) is 26.2 Å². The van der Waals surface area contributed by atoms with Gasteiger partial charge in [0.1, 0.15) is 0 Å². The van der Waals surface area contributed by atoms with Crippen molar-refractivity contribution in [1.29, 1.82) is 0 Å². The van der Waals surface area contributed by atoms with Crippen LogP contribution in [0.4, 0.5) is 0 Å². The zero-order chi connectivity index (χ0) is 15.8. The fraction of sp³-hybridized carbons (Fsp3) is 1.00. The highest BCUT2D eigenvalue weighted by molar-refractivity contribution is 4.91. The Kier molecular flexibility index (Phi) is 5.01. The molecule has 0 aliphatic carbocycles. The number of morpholine rings is 1. The van der Waals surface area contributed by atoms with Gasteiger partial charge in [-0.3, -0.25) is 4.90 Å². The molecule has 0 aromatic carbocycles. The van der Waals surface area contributed by atoms with Crippen molar-refractivity contribution in [2.75, 3.05) is 26.2 Å². The second kappa shape index (κ2) is 5.58. The highest BCUT2D eigenvalue weighted by Gasteiger charge is 2.39. The van der Waals surface area contributed by atoms with Gasteiger partial charge in [0, 0.05) is 31.7 Å². The van der Waals surface area contributed by atoms with Gasteiger partial charge in [-0.25, -0.2) is 0 Å². The molecule has 1 fully saturated rings. The Balaban J connectivity index is 2.62. The number of nitrogens with zero attached hydrogens (tertiary/aromatic N) is 1. The molecule has 1 aliphatic heterocycles. The predicted molar refractivity (Wildman–Crippen MR) is 87.2 cm³/mol. The summed E-state index contributed by atoms with van der Waals surface area (Å²) in [5.41, 5.74) is 0.322. The van der Waals surface area contributed by atoms with Gasteiger partial charge in [-0.05, 0) is 53.9 Å². The van der Waals surface area contributed by atoms with E-state index >= 15 is 0 Å². The largest absolute Gasteiger partial charge is 0.367 e. The summed E-state index contributed by atoms with van der Waals surface area (Å²) in [4.78, 5) is 2.56. The Morgan fingerprint density at radius 3 is 1.80 bits per heavy atom. The Hall–Kier alpha value is -0.120. The molecule has 0 radical (unpaired) electrons. The van der Waals surface area contributed by atoms with Crippen molar-refractivity contribution in [3.63, 3.8) is 0 Å². The molecule has 20 heavy (non-hydrogen) atoms. The first-order valence-electron chi connectivity index (χ1n) is 7.87. The topological polar surface area (TPSA) is 24.5 Å². The van der Waals surface area contributed by atoms with Gasteiger partial charge in [0.2, 0.25) is 0 Å². The fourth-order valence-electron chi connectivity index (χ4n) is 3.22. The standard InChI is InChI=1S/C17H36N2O/c1-14(2,3)18-10-15(4,5)11-19-12-16(6,7)20-17(8,9)13-19/h18H,10-13H2,1-9H3. The Morgan fingerprint density at radius 2 is 1.40 bits per heavy atom. The molecule has 1 N–H and O–H groups in total. The summed E-state index contributed by atoms with van der Waals surface area (Å²) in [6, 6.07) is 0. The second-order valence-corrected chi connectivity index (χ2v) is 9.53. The fourth-order valence-corrected chi connectivity index (χ4v) is 3.22. The van der Waals surface area contributed by atoms with Crippen LogP contribution in [-0.2, 0) is 4.74 Å². The van der Waals surface area contributed by atoms with Crippen molar-refractivity contribution < 1.29 is 4.74 Å². The van der Waals surface area contributed by atoms with Crippen LogP contribution in [-0.4, -0.2) is 47.8 Å². The van der Waals surface area contributed by atoms with E-state index in [0.29, 0.717) is 0 Å². The van der Waals surface area contributed by atoms with Crippen molar-refractivity contribution in [2.24, 2.45) is 5.41 Å². The lowest BCUT2D eigenvalue weighted by atomic mass is 9.89. The predicted octanol–water partition coefficient (Wildman–Crippen LogP) is 3.29. The third-order valence-electron chi connectivity index (χ3n) is 3.51. The Bertz CT molecular complexity index is 310. The van der Waals surface area contributed by atoms with Crippen LogP contribution in [0.3, 0.4) is 0 Å². The minimum atomic E-state index is -0.0602. The first-order chi connectivity index (χ1) is 8.70. The number of hydrogen-bond acceptors (Lipinski definition) is 3. The van der Waals surface area contributed by atoms with E-state index in [-0.39, 0.29) is 22.2 Å². The first kappa shape index (κ1) is 17.9. The monoisotopic (exact) mass is 284 g/mol. The average Bonchev–Trinajstić information content (AvgIpc) is 2.07. The van der Waals surface area contributed by atoms with Crippen molar-refractivity contribution in [2.45, 2.75) is 79.1 Å². The van der Waals surface area contributed by atoms with Crippen molar-refractivity contribution in [3.8, 4) is 0 Å². The normalized spacial score (nSPS) is 23.9. The molecule has 0 atom stereocenters. The van der Waals surface area contributed by atoms with E-state index in [2.05, 4.69) is 72.5 Å². The molecule has 0 aromatic rings. The molecule has 0 unspecified atom stereocenters. The van der Waals surface area contributed by atoms with Crippen LogP contribution in [0.25, 0.3) is 0 Å². The summed E-state index contributed by atoms with van der Waals surface area (Å²) in [6.45, 7) is 24.3. The van der Waals surface area contributed by atoms with E-state index < -0.39 is 0 Å². The van der Waals surface area contributed by atoms with Gasteiger partial charge in [-0.2, -0.15) is 0 Å². The molecule has 0 amide bonds. The maximum absolute atomic E-state index is 6.16. The smallest absolute Gasteiger partial charge is 0.0760 e. The summed E-state index contributed by atoms with van der Waals surface area (Å²) in [7, 11) is 0. The second-order valence-electron chi connectivity index (χ2n) is 9.53. The van der Waals surface area contributed by atoms with Gasteiger partial charge < -0.3 is 10.1 Å². The van der Waals surface area contributed by atoms with Gasteiger partial charge in [0.25, 0.3) is 0 Å². The van der Waals surface area contributed by atoms with Crippen LogP contribution < -0.4 is 5.32 Å². The van der Waals surface area contributed by atoms with E-state index in [1.807, 2.05) is 0 Å². The molecule has 0 aromatic heterocycles. The summed E-state index contributed by atoms with van der Waals surface area (Å²) < 4.78 is 6.16. The third kappa shape index (κ3) is 6.55. The molecular formula is C17H36N2O. The van der Waals surface area contributed by atoms with Crippen LogP contribution in [0.5, 0.6) is 0 Å². The molecule has 1 saturated heterocycles. The minimum Gasteiger partial charge on any atom is -0.367 e. The van der Waals surface area contributed by atoms with E-state index in [9.17, 15) is 0 Å². The number of hydrogen-bond donors (Lipinski definition) is 1. The first-order valence-corrected chi connectivity index (χ1v) is 7.87. The van der Waals surface area contributed by atoms with Gasteiger partial charge in [-0.15, -0.1) is 0 Å². The Labute approximate surface area is 126 Å². The number of ether oxygens (including phenoxy) is 1. The minimum absolute atomic E-state index is 0.0602. The molecule has 1 heterocycles. The van der Waals surface area contributed by atoms with Gasteiger partial charge in [0.05, 0.1) is 11.2 Å². The highest BCUT2D eigenvalue weighted by Crippen LogP contribution is 2.30. The third-order valence-corrected chi connectivity index (χ3v) is 3.51. The lowest BCUT2D eigenvalue weighted by molar-refractivity contribution is -0.184. The lowest BCUT2D eigenvalue weighted by Crippen LogP contribution is -2.59. The lowest BCUT2D eigenvalue weighted by Gasteiger charge is -2.49. The number of nitrogens with one attached hydrogen (secondary N) is 1. The number of rotatable bonds is 4. The molecule has 0 spiro atoms. The van der Waals surface area contributed by atoms with Crippen LogP contribution in [0.15, 0.2) is 0 Å². The van der Waals surface area contributed by atoms with Crippen LogP contribution in [0.2, 0.25) is 0 Å². The van der Waals surface area contributed by atoms with E-state index in [1.165, 1.54) is 0 Å². The van der Waals surface area contributed by atoms with Crippen LogP contribution >= 0.6 is 0 Å². The molecule has 0 saturated carbocycles. The molecule has 3 heteroatoms. The van der Waals surface area contributed by atoms with Crippen molar-refractivity contribution >= 4 is 0 Å². The van der Waals surface area contributed by atoms with Gasteiger partial charge >= 0.3 is 0 Å². The Morgan fingerprint density at radius 1 is 0.950 bits per heavy atom. The molecule has 0 bridgehead atoms. The quantitative estimate of drug-likeness (QED) is 0.857. The van der Waals surface area contributed by atoms with Crippen molar-refractivity contribution in [1.82, 2.24) is 10.2 Å². The molecule has 120 valence electrons. The molecule has 1 rings (SSSR count). The maximum Gasteiger partial charge on any atom is 0.0760 e. The van der Waals surface area contributed by atoms with Crippen LogP contribution in [0, 0.1) is 5.41 Å². The summed E-state index contributed by atoms with van der Waals surface area (Å²) in [5, 5.41) is 3.64. The zero-order valence-electron chi connectivity index (χ0n) is 15.2. The molecule has 3 nitrogen and oxygen atoms in total. The SMILES string of the molecule is CC(C)(CNC(C)(C)C)CN1CC(C)(C)OC(C)(C)C1. The zero-order valence-corrected chi connectivity index (χ0v) is 15.2. The van der Waals surface area contributed by atoms with Crippen molar-refractivity contribution in [3.05, 3.63) is 0 Å². The van der Waals surface area contributed by atoms with E-state index in [1.54, 1.807) is 0 Å². The van der Waals surface area contributed by atoms with Gasteiger partial charge in [0.15, 0.2) is 0 Å².